The number of nitrogen functional groups attached to an aromatic ring is 1. The van der Waals surface area contributed by atoms with Gasteiger partial charge in [0.1, 0.15) is 17.1 Å². The second kappa shape index (κ2) is 10.5. The molecule has 2 heterocycles. The van der Waals surface area contributed by atoms with Crippen LogP contribution in [0.25, 0.3) is 28.2 Å². The van der Waals surface area contributed by atoms with Crippen LogP contribution in [0.2, 0.25) is 0 Å². The number of amides is 1. The van der Waals surface area contributed by atoms with Crippen LogP contribution in [-0.2, 0) is 17.8 Å². The average Bonchev–Trinajstić information content (AvgIpc) is 3.17. The van der Waals surface area contributed by atoms with Crippen molar-refractivity contribution in [2.24, 2.45) is 7.05 Å². The Morgan fingerprint density at radius 3 is 2.38 bits per heavy atom. The Balaban J connectivity index is 1.41. The van der Waals surface area contributed by atoms with Gasteiger partial charge in [0.05, 0.1) is 23.3 Å². The van der Waals surface area contributed by atoms with E-state index in [1.165, 1.54) is 4.68 Å². The third kappa shape index (κ3) is 5.01. The Kier molecular flexibility index (Phi) is 6.95. The molecule has 3 N–H and O–H groups in total. The lowest BCUT2D eigenvalue weighted by Gasteiger charge is -2.10. The molecule has 39 heavy (non-hydrogen) atoms. The number of rotatable bonds is 6. The van der Waals surface area contributed by atoms with Gasteiger partial charge in [-0.1, -0.05) is 42.5 Å². The second-order valence-electron chi connectivity index (χ2n) is 8.94. The Hall–Kier alpha value is -4.83. The maximum atomic E-state index is 13.2. The van der Waals surface area contributed by atoms with E-state index in [1.54, 1.807) is 61.4 Å². The molecule has 5 aromatic rings. The fourth-order valence-electron chi connectivity index (χ4n) is 4.32. The van der Waals surface area contributed by atoms with Crippen LogP contribution in [0, 0.1) is 6.92 Å². The zero-order chi connectivity index (χ0) is 27.7. The molecule has 0 saturated heterocycles. The van der Waals surface area contributed by atoms with Gasteiger partial charge >= 0.3 is 0 Å². The zero-order valence-corrected chi connectivity index (χ0v) is 22.4. The molecular formula is C29H26N6O3S. The maximum absolute atomic E-state index is 13.2. The Morgan fingerprint density at radius 1 is 0.974 bits per heavy atom. The van der Waals surface area contributed by atoms with Crippen molar-refractivity contribution in [2.45, 2.75) is 11.8 Å². The van der Waals surface area contributed by atoms with Crippen LogP contribution >= 0.6 is 0 Å². The van der Waals surface area contributed by atoms with E-state index in [0.717, 1.165) is 5.56 Å². The molecule has 0 aliphatic heterocycles. The molecule has 196 valence electrons. The van der Waals surface area contributed by atoms with Gasteiger partial charge in [-0.15, -0.1) is 0 Å². The normalized spacial score (nSPS) is 11.8. The minimum Gasteiger partial charge on any atom is -0.382 e. The molecule has 0 aliphatic rings. The minimum atomic E-state index is -1.12. The highest BCUT2D eigenvalue weighted by molar-refractivity contribution is 7.84. The molecule has 1 unspecified atom stereocenters. The fraction of sp³-hybridized carbons (Fsp3) is 0.103. The molecule has 1 atom stereocenters. The summed E-state index contributed by atoms with van der Waals surface area (Å²) in [4.78, 5) is 36.0. The second-order valence-corrected chi connectivity index (χ2v) is 10.3. The van der Waals surface area contributed by atoms with E-state index in [2.05, 4.69) is 10.3 Å². The molecule has 0 saturated carbocycles. The molecule has 2 aromatic heterocycles. The highest BCUT2D eigenvalue weighted by Crippen LogP contribution is 2.28. The van der Waals surface area contributed by atoms with E-state index in [4.69, 9.17) is 10.7 Å². The summed E-state index contributed by atoms with van der Waals surface area (Å²) in [6, 6.07) is 23.5. The third-order valence-corrected chi connectivity index (χ3v) is 7.38. The molecule has 0 aliphatic carbocycles. The van der Waals surface area contributed by atoms with Crippen molar-refractivity contribution in [1.82, 2.24) is 19.3 Å². The van der Waals surface area contributed by atoms with Gasteiger partial charge in [0.15, 0.2) is 0 Å². The standard InChI is InChI=1S/C29H26N6O3S/c1-18-25(29(37)35(34(18)2)22-9-5-4-6-10-22)28(36)32-21-14-12-19(13-15-21)26-27(30)31-17-24(33-26)20-8-7-11-23(16-20)39(3)38/h4-17H,1-3H3,(H2,30,31)(H,32,36). The predicted octanol–water partition coefficient (Wildman–Crippen LogP) is 4.18. The first-order chi connectivity index (χ1) is 18.7. The number of carbonyl (C=O) groups excluding carboxylic acids is 1. The van der Waals surface area contributed by atoms with Crippen LogP contribution in [0.15, 0.2) is 94.7 Å². The molecule has 5 rings (SSSR count). The number of nitrogens with one attached hydrogen (secondary N) is 1. The summed E-state index contributed by atoms with van der Waals surface area (Å²) in [6.07, 6.45) is 3.20. The van der Waals surface area contributed by atoms with Gasteiger partial charge in [0.25, 0.3) is 11.5 Å². The maximum Gasteiger partial charge on any atom is 0.284 e. The quantitative estimate of drug-likeness (QED) is 0.334. The number of hydrogen-bond acceptors (Lipinski definition) is 6. The van der Waals surface area contributed by atoms with Crippen molar-refractivity contribution < 1.29 is 9.00 Å². The first-order valence-electron chi connectivity index (χ1n) is 12.1. The van der Waals surface area contributed by atoms with Crippen molar-refractivity contribution in [3.8, 4) is 28.2 Å². The molecule has 0 fully saturated rings. The van der Waals surface area contributed by atoms with E-state index in [-0.39, 0.29) is 11.4 Å². The van der Waals surface area contributed by atoms with E-state index >= 15 is 0 Å². The molecule has 0 radical (unpaired) electrons. The van der Waals surface area contributed by atoms with Gasteiger partial charge in [-0.05, 0) is 43.3 Å². The molecule has 9 nitrogen and oxygen atoms in total. The van der Waals surface area contributed by atoms with Gasteiger partial charge in [0.2, 0.25) is 0 Å². The first-order valence-corrected chi connectivity index (χ1v) is 13.6. The summed E-state index contributed by atoms with van der Waals surface area (Å²) in [6.45, 7) is 1.74. The van der Waals surface area contributed by atoms with Crippen LogP contribution in [0.3, 0.4) is 0 Å². The van der Waals surface area contributed by atoms with Gasteiger partial charge in [-0.25, -0.2) is 14.6 Å². The highest BCUT2D eigenvalue weighted by Gasteiger charge is 2.22. The fourth-order valence-corrected chi connectivity index (χ4v) is 4.88. The van der Waals surface area contributed by atoms with Crippen molar-refractivity contribution >= 4 is 28.2 Å². The lowest BCUT2D eigenvalue weighted by molar-refractivity contribution is 0.102. The van der Waals surface area contributed by atoms with Gasteiger partial charge in [-0.3, -0.25) is 18.5 Å². The number of nitrogens with two attached hydrogens (primary N) is 1. The Labute approximate surface area is 227 Å². The largest absolute Gasteiger partial charge is 0.382 e. The summed E-state index contributed by atoms with van der Waals surface area (Å²) in [5.74, 6) is -0.239. The smallest absolute Gasteiger partial charge is 0.284 e. The predicted molar refractivity (Wildman–Crippen MR) is 153 cm³/mol. The molecule has 3 aromatic carbocycles. The van der Waals surface area contributed by atoms with Gasteiger partial charge < -0.3 is 11.1 Å². The number of carbonyl (C=O) groups is 1. The summed E-state index contributed by atoms with van der Waals surface area (Å²) < 4.78 is 15.0. The van der Waals surface area contributed by atoms with E-state index in [0.29, 0.717) is 38.9 Å². The van der Waals surface area contributed by atoms with Crippen LogP contribution in [-0.4, -0.2) is 35.7 Å². The molecule has 1 amide bonds. The third-order valence-electron chi connectivity index (χ3n) is 6.46. The topological polar surface area (TPSA) is 125 Å². The number of hydrogen-bond donors (Lipinski definition) is 2. The number of aromatic nitrogens is 4. The molecular weight excluding hydrogens is 512 g/mol. The summed E-state index contributed by atoms with van der Waals surface area (Å²) in [7, 11) is 0.620. The number of nitrogens with zero attached hydrogens (tertiary/aromatic N) is 4. The molecule has 10 heteroatoms. The minimum absolute atomic E-state index is 0.0727. The van der Waals surface area contributed by atoms with E-state index < -0.39 is 22.3 Å². The number of benzene rings is 3. The molecule has 0 bridgehead atoms. The van der Waals surface area contributed by atoms with Crippen LogP contribution < -0.4 is 16.6 Å². The van der Waals surface area contributed by atoms with E-state index in [1.807, 2.05) is 48.5 Å². The molecule has 0 spiro atoms. The highest BCUT2D eigenvalue weighted by atomic mass is 32.2. The summed E-state index contributed by atoms with van der Waals surface area (Å²) in [5, 5.41) is 2.82. The van der Waals surface area contributed by atoms with Gasteiger partial charge in [-0.2, -0.15) is 0 Å². The summed E-state index contributed by atoms with van der Waals surface area (Å²) >= 11 is 0. The van der Waals surface area contributed by atoms with E-state index in [9.17, 15) is 13.8 Å². The number of anilines is 2. The van der Waals surface area contributed by atoms with Crippen LogP contribution in [0.5, 0.6) is 0 Å². The van der Waals surface area contributed by atoms with Gasteiger partial charge in [0, 0.05) is 45.8 Å². The van der Waals surface area contributed by atoms with Crippen molar-refractivity contribution in [1.29, 1.82) is 0 Å². The number of para-hydroxylation sites is 1. The first kappa shape index (κ1) is 25.8. The zero-order valence-electron chi connectivity index (χ0n) is 21.6. The monoisotopic (exact) mass is 538 g/mol. The lowest BCUT2D eigenvalue weighted by Crippen LogP contribution is -2.25. The van der Waals surface area contributed by atoms with Crippen LogP contribution in [0.1, 0.15) is 16.1 Å². The average molecular weight is 539 g/mol. The van der Waals surface area contributed by atoms with Crippen molar-refractivity contribution in [3.05, 3.63) is 107 Å². The Bertz CT molecular complexity index is 1780. The SMILES string of the molecule is Cc1c(C(=O)Nc2ccc(-c3nc(-c4cccc(S(C)=O)c4)cnc3N)cc2)c(=O)n(-c2ccccc2)n1C. The Morgan fingerprint density at radius 2 is 1.69 bits per heavy atom. The van der Waals surface area contributed by atoms with Crippen LogP contribution in [0.4, 0.5) is 11.5 Å². The summed E-state index contributed by atoms with van der Waals surface area (Å²) in [5.41, 5.74) is 10.1. The van der Waals surface area contributed by atoms with Crippen molar-refractivity contribution in [3.63, 3.8) is 0 Å². The van der Waals surface area contributed by atoms with Crippen molar-refractivity contribution in [2.75, 3.05) is 17.3 Å². The lowest BCUT2D eigenvalue weighted by atomic mass is 10.1.